The molecule has 4 nitrogen and oxygen atoms in total. The first-order valence-electron chi connectivity index (χ1n) is 10.1. The second-order valence-electron chi connectivity index (χ2n) is 11.1. The molecule has 0 unspecified atom stereocenters. The summed E-state index contributed by atoms with van der Waals surface area (Å²) in [5, 5.41) is 0. The minimum Gasteiger partial charge on any atom is -0.320 e. The van der Waals surface area contributed by atoms with E-state index in [9.17, 15) is 4.79 Å². The quantitative estimate of drug-likeness (QED) is 0.316. The van der Waals surface area contributed by atoms with Gasteiger partial charge in [-0.1, -0.05) is 44.2 Å². The molecular formula is C24H42NO3+. The first-order chi connectivity index (χ1) is 12.5. The third kappa shape index (κ3) is 5.15. The minimum atomic E-state index is -0.639. The number of quaternary nitrogens is 1. The van der Waals surface area contributed by atoms with Gasteiger partial charge in [0, 0.05) is 12.8 Å². The molecule has 1 aromatic rings. The summed E-state index contributed by atoms with van der Waals surface area (Å²) in [5.74, 6) is -0.328. The van der Waals surface area contributed by atoms with Crippen LogP contribution in [0.15, 0.2) is 30.3 Å². The van der Waals surface area contributed by atoms with Crippen molar-refractivity contribution in [2.75, 3.05) is 21.2 Å². The van der Waals surface area contributed by atoms with E-state index in [0.717, 1.165) is 10.9 Å². The van der Waals surface area contributed by atoms with Gasteiger partial charge in [-0.2, -0.15) is 4.89 Å². The largest absolute Gasteiger partial charge is 0.348 e. The van der Waals surface area contributed by atoms with Gasteiger partial charge in [0.2, 0.25) is 0 Å². The summed E-state index contributed by atoms with van der Waals surface area (Å²) in [6, 6.07) is 10.7. The zero-order valence-electron chi connectivity index (χ0n) is 20.0. The Morgan fingerprint density at radius 2 is 1.32 bits per heavy atom. The van der Waals surface area contributed by atoms with Crippen molar-refractivity contribution < 1.29 is 19.1 Å². The van der Waals surface area contributed by atoms with E-state index in [2.05, 4.69) is 90.9 Å². The van der Waals surface area contributed by atoms with Crippen LogP contribution in [0.4, 0.5) is 0 Å². The van der Waals surface area contributed by atoms with Crippen LogP contribution in [-0.2, 0) is 20.0 Å². The number of hydrogen-bond acceptors (Lipinski definition) is 3. The molecule has 1 rings (SSSR count). The maximum atomic E-state index is 12.4. The van der Waals surface area contributed by atoms with Gasteiger partial charge in [0.1, 0.15) is 0 Å². The summed E-state index contributed by atoms with van der Waals surface area (Å²) in [6.07, 6.45) is 1.70. The number of rotatable bonds is 9. The third-order valence-electron chi connectivity index (χ3n) is 7.04. The molecule has 0 N–H and O–H groups in total. The van der Waals surface area contributed by atoms with E-state index in [1.807, 2.05) is 13.8 Å². The van der Waals surface area contributed by atoms with Gasteiger partial charge >= 0.3 is 5.97 Å². The molecule has 160 valence electrons. The molecular weight excluding hydrogens is 350 g/mol. The highest BCUT2D eigenvalue weighted by atomic mass is 17.2. The Bertz CT molecular complexity index is 658. The van der Waals surface area contributed by atoms with E-state index in [0.29, 0.717) is 6.42 Å². The fourth-order valence-corrected chi connectivity index (χ4v) is 4.63. The summed E-state index contributed by atoms with van der Waals surface area (Å²) in [5.41, 5.74) is 0.572. The van der Waals surface area contributed by atoms with Crippen LogP contribution in [-0.4, -0.2) is 42.7 Å². The van der Waals surface area contributed by atoms with E-state index < -0.39 is 5.41 Å². The maximum absolute atomic E-state index is 12.4. The van der Waals surface area contributed by atoms with E-state index in [-0.39, 0.29) is 22.5 Å². The van der Waals surface area contributed by atoms with Crippen molar-refractivity contribution in [2.45, 2.75) is 84.7 Å². The fraction of sp³-hybridized carbons (Fsp3) is 0.708. The van der Waals surface area contributed by atoms with Crippen LogP contribution in [0, 0.1) is 5.41 Å². The summed E-state index contributed by atoms with van der Waals surface area (Å²) in [7, 11) is 5.92. The van der Waals surface area contributed by atoms with Gasteiger partial charge < -0.3 is 4.48 Å². The van der Waals surface area contributed by atoms with Crippen LogP contribution in [0.25, 0.3) is 0 Å². The molecule has 0 aromatic heterocycles. The van der Waals surface area contributed by atoms with Crippen LogP contribution in [0.3, 0.4) is 0 Å². The van der Waals surface area contributed by atoms with Crippen molar-refractivity contribution >= 4 is 5.97 Å². The van der Waals surface area contributed by atoms with Gasteiger partial charge in [-0.05, 0) is 52.5 Å². The second-order valence-corrected chi connectivity index (χ2v) is 11.1. The van der Waals surface area contributed by atoms with Gasteiger partial charge in [0.25, 0.3) is 0 Å². The predicted octanol–water partition coefficient (Wildman–Crippen LogP) is 5.51. The molecule has 0 amide bonds. The molecule has 0 saturated carbocycles. The third-order valence-corrected chi connectivity index (χ3v) is 7.04. The highest BCUT2D eigenvalue weighted by Crippen LogP contribution is 2.44. The Hall–Kier alpha value is -1.39. The van der Waals surface area contributed by atoms with Crippen LogP contribution >= 0.6 is 0 Å². The fourth-order valence-electron chi connectivity index (χ4n) is 4.63. The van der Waals surface area contributed by atoms with Crippen molar-refractivity contribution in [2.24, 2.45) is 5.41 Å². The molecule has 0 heterocycles. The molecule has 28 heavy (non-hydrogen) atoms. The SMILES string of the molecule is COOC(=O)C(C)(C)CC(C)(C)[N+](C)(C)C(C)(C)CC(C)(C)c1ccccc1. The predicted molar refractivity (Wildman–Crippen MR) is 116 cm³/mol. The highest BCUT2D eigenvalue weighted by Gasteiger charge is 2.52. The number of carbonyl (C=O) groups is 1. The van der Waals surface area contributed by atoms with Crippen LogP contribution < -0.4 is 0 Å². The highest BCUT2D eigenvalue weighted by molar-refractivity contribution is 5.75. The lowest BCUT2D eigenvalue weighted by Crippen LogP contribution is -2.68. The van der Waals surface area contributed by atoms with Gasteiger partial charge in [-0.3, -0.25) is 4.89 Å². The number of benzene rings is 1. The van der Waals surface area contributed by atoms with Crippen molar-refractivity contribution in [3.8, 4) is 0 Å². The monoisotopic (exact) mass is 392 g/mol. The summed E-state index contributed by atoms with van der Waals surface area (Å²) in [6.45, 7) is 17.6. The summed E-state index contributed by atoms with van der Waals surface area (Å²) >= 11 is 0. The lowest BCUT2D eigenvalue weighted by molar-refractivity contribution is -0.983. The molecule has 0 aliphatic carbocycles. The average Bonchev–Trinajstić information content (AvgIpc) is 2.53. The molecule has 0 spiro atoms. The minimum absolute atomic E-state index is 0.0237. The molecule has 0 saturated heterocycles. The molecule has 0 aliphatic rings. The lowest BCUT2D eigenvalue weighted by Gasteiger charge is -2.57. The number of hydrogen-bond donors (Lipinski definition) is 0. The smallest absolute Gasteiger partial charge is 0.320 e. The molecule has 0 atom stereocenters. The van der Waals surface area contributed by atoms with Gasteiger partial charge in [0.15, 0.2) is 0 Å². The second kappa shape index (κ2) is 8.16. The van der Waals surface area contributed by atoms with Crippen LogP contribution in [0.2, 0.25) is 0 Å². The number of nitrogens with zero attached hydrogens (tertiary/aromatic N) is 1. The topological polar surface area (TPSA) is 35.5 Å². The van der Waals surface area contributed by atoms with Crippen LogP contribution in [0.5, 0.6) is 0 Å². The zero-order valence-corrected chi connectivity index (χ0v) is 20.0. The molecule has 1 aromatic carbocycles. The normalized spacial score (nSPS) is 14.1. The molecule has 4 heteroatoms. The van der Waals surface area contributed by atoms with E-state index in [1.54, 1.807) is 0 Å². The summed E-state index contributed by atoms with van der Waals surface area (Å²) in [4.78, 5) is 21.8. The number of carbonyl (C=O) groups excluding carboxylic acids is 1. The first-order valence-corrected chi connectivity index (χ1v) is 10.1. The Morgan fingerprint density at radius 3 is 1.79 bits per heavy atom. The molecule has 0 radical (unpaired) electrons. The van der Waals surface area contributed by atoms with Crippen LogP contribution in [0.1, 0.15) is 73.8 Å². The summed E-state index contributed by atoms with van der Waals surface area (Å²) < 4.78 is 0.778. The Morgan fingerprint density at radius 1 is 0.857 bits per heavy atom. The van der Waals surface area contributed by atoms with Gasteiger partial charge in [-0.15, -0.1) is 0 Å². The lowest BCUT2D eigenvalue weighted by atomic mass is 9.70. The Balaban J connectivity index is 3.14. The van der Waals surface area contributed by atoms with Gasteiger partial charge in [0.05, 0.1) is 37.7 Å². The average molecular weight is 393 g/mol. The maximum Gasteiger partial charge on any atom is 0.348 e. The zero-order chi connectivity index (χ0) is 22.0. The van der Waals surface area contributed by atoms with Crippen molar-refractivity contribution in [1.29, 1.82) is 0 Å². The molecule has 0 fully saturated rings. The van der Waals surface area contributed by atoms with E-state index >= 15 is 0 Å². The first kappa shape index (κ1) is 24.6. The van der Waals surface area contributed by atoms with E-state index in [4.69, 9.17) is 4.89 Å². The van der Waals surface area contributed by atoms with Crippen molar-refractivity contribution in [1.82, 2.24) is 0 Å². The van der Waals surface area contributed by atoms with Crippen molar-refractivity contribution in [3.05, 3.63) is 35.9 Å². The Labute approximate surface area is 172 Å². The molecule has 0 aliphatic heterocycles. The van der Waals surface area contributed by atoms with E-state index in [1.165, 1.54) is 12.7 Å². The molecule has 0 bridgehead atoms. The van der Waals surface area contributed by atoms with Gasteiger partial charge in [-0.25, -0.2) is 4.79 Å². The standard InChI is InChI=1S/C24H42NO3/c1-21(2,19-15-13-12-14-16-19)17-23(5,6)25(9,10)24(7,8)18-22(3,4)20(26)28-27-11/h12-16H,17-18H2,1-11H3/q+1. The Kier molecular flexibility index (Phi) is 7.18. The van der Waals surface area contributed by atoms with Crippen molar-refractivity contribution in [3.63, 3.8) is 0 Å².